The van der Waals surface area contributed by atoms with Gasteiger partial charge in [-0.2, -0.15) is 11.8 Å². The Morgan fingerprint density at radius 1 is 1.73 bits per heavy atom. The summed E-state index contributed by atoms with van der Waals surface area (Å²) >= 11 is 1.88. The van der Waals surface area contributed by atoms with Crippen LogP contribution in [0, 0.1) is 11.8 Å². The van der Waals surface area contributed by atoms with Gasteiger partial charge >= 0.3 is 0 Å². The molecule has 1 nitrogen and oxygen atoms in total. The fourth-order valence-electron chi connectivity index (χ4n) is 1.24. The summed E-state index contributed by atoms with van der Waals surface area (Å²) < 4.78 is 0. The molecule has 0 aromatic heterocycles. The lowest BCUT2D eigenvalue weighted by atomic mass is 10.1. The van der Waals surface area contributed by atoms with Gasteiger partial charge < -0.3 is 5.11 Å². The quantitative estimate of drug-likeness (QED) is 0.636. The van der Waals surface area contributed by atoms with E-state index in [4.69, 9.17) is 0 Å². The number of aliphatic hydroxyl groups excluding tert-OH is 1. The first kappa shape index (κ1) is 8.96. The van der Waals surface area contributed by atoms with Gasteiger partial charge in [0.2, 0.25) is 0 Å². The second-order valence-corrected chi connectivity index (χ2v) is 4.10. The first-order valence-corrected chi connectivity index (χ1v) is 5.08. The molecule has 2 atom stereocenters. The zero-order valence-corrected chi connectivity index (χ0v) is 7.66. The first-order valence-electron chi connectivity index (χ1n) is 4.04. The van der Waals surface area contributed by atoms with E-state index in [1.54, 1.807) is 0 Å². The summed E-state index contributed by atoms with van der Waals surface area (Å²) in [6.07, 6.45) is 2.87. The van der Waals surface area contributed by atoms with Gasteiger partial charge in [0.15, 0.2) is 0 Å². The molecule has 1 heterocycles. The molecule has 0 amide bonds. The summed E-state index contributed by atoms with van der Waals surface area (Å²) in [6, 6.07) is 0. The van der Waals surface area contributed by atoms with Crippen LogP contribution in [0.5, 0.6) is 0 Å². The largest absolute Gasteiger partial charge is 0.391 e. The molecule has 62 valence electrons. The predicted octanol–water partition coefficient (Wildman–Crippen LogP) is 1.66. The highest BCUT2D eigenvalue weighted by Gasteiger charge is 2.22. The van der Waals surface area contributed by atoms with E-state index in [-0.39, 0.29) is 6.10 Å². The Balaban J connectivity index is 2.26. The predicted molar refractivity (Wildman–Crippen MR) is 49.6 cm³/mol. The van der Waals surface area contributed by atoms with Gasteiger partial charge in [0, 0.05) is 11.7 Å². The van der Waals surface area contributed by atoms with E-state index in [9.17, 15) is 5.11 Å². The summed E-state index contributed by atoms with van der Waals surface area (Å²) in [4.78, 5) is 0. The van der Waals surface area contributed by atoms with Crippen molar-refractivity contribution < 1.29 is 5.11 Å². The van der Waals surface area contributed by atoms with E-state index in [2.05, 4.69) is 11.8 Å². The van der Waals surface area contributed by atoms with Crippen molar-refractivity contribution in [3.05, 3.63) is 0 Å². The highest BCUT2D eigenvalue weighted by atomic mass is 32.2. The molecule has 1 saturated heterocycles. The van der Waals surface area contributed by atoms with Crippen LogP contribution in [0.15, 0.2) is 0 Å². The van der Waals surface area contributed by atoms with E-state index in [0.717, 1.165) is 6.42 Å². The highest BCUT2D eigenvalue weighted by molar-refractivity contribution is 8.00. The smallest absolute Gasteiger partial charge is 0.0767 e. The maximum absolute atomic E-state index is 9.56. The fraction of sp³-hybridized carbons (Fsp3) is 0.778. The SMILES string of the molecule is CC#CCC(O)C1CCCS1. The van der Waals surface area contributed by atoms with Gasteiger partial charge in [0.25, 0.3) is 0 Å². The third-order valence-corrected chi connectivity index (χ3v) is 3.38. The van der Waals surface area contributed by atoms with Crippen LogP contribution in [0.3, 0.4) is 0 Å². The Morgan fingerprint density at radius 2 is 2.55 bits per heavy atom. The molecule has 0 saturated carbocycles. The maximum atomic E-state index is 9.56. The van der Waals surface area contributed by atoms with E-state index in [0.29, 0.717) is 11.7 Å². The lowest BCUT2D eigenvalue weighted by Gasteiger charge is -2.13. The van der Waals surface area contributed by atoms with E-state index >= 15 is 0 Å². The number of thioether (sulfide) groups is 1. The van der Waals surface area contributed by atoms with Crippen LogP contribution in [0.1, 0.15) is 26.2 Å². The molecule has 1 aliphatic rings. The minimum atomic E-state index is -0.199. The molecule has 1 rings (SSSR count). The van der Waals surface area contributed by atoms with Crippen molar-refractivity contribution in [2.24, 2.45) is 0 Å². The van der Waals surface area contributed by atoms with E-state index < -0.39 is 0 Å². The van der Waals surface area contributed by atoms with Crippen molar-refractivity contribution in [2.45, 2.75) is 37.5 Å². The molecule has 1 aliphatic heterocycles. The summed E-state index contributed by atoms with van der Waals surface area (Å²) in [5.41, 5.74) is 0. The normalized spacial score (nSPS) is 25.8. The Kier molecular flexibility index (Phi) is 3.82. The molecule has 0 bridgehead atoms. The van der Waals surface area contributed by atoms with Crippen molar-refractivity contribution in [3.63, 3.8) is 0 Å². The van der Waals surface area contributed by atoms with Crippen molar-refractivity contribution in [3.8, 4) is 11.8 Å². The van der Waals surface area contributed by atoms with Crippen LogP contribution in [-0.2, 0) is 0 Å². The molecule has 0 aliphatic carbocycles. The molecule has 1 fully saturated rings. The van der Waals surface area contributed by atoms with Crippen molar-refractivity contribution in [1.29, 1.82) is 0 Å². The molecule has 1 N–H and O–H groups in total. The Hall–Kier alpha value is -0.130. The topological polar surface area (TPSA) is 20.2 Å². The number of hydrogen-bond donors (Lipinski definition) is 1. The van der Waals surface area contributed by atoms with Gasteiger partial charge in [-0.3, -0.25) is 0 Å². The monoisotopic (exact) mass is 170 g/mol. The molecule has 2 unspecified atom stereocenters. The van der Waals surface area contributed by atoms with Crippen LogP contribution < -0.4 is 0 Å². The van der Waals surface area contributed by atoms with Crippen LogP contribution in [0.25, 0.3) is 0 Å². The lowest BCUT2D eigenvalue weighted by molar-refractivity contribution is 0.175. The van der Waals surface area contributed by atoms with Crippen LogP contribution in [0.4, 0.5) is 0 Å². The molecular weight excluding hydrogens is 156 g/mol. The summed E-state index contributed by atoms with van der Waals surface area (Å²) in [6.45, 7) is 1.81. The third kappa shape index (κ3) is 2.76. The standard InChI is InChI=1S/C9H14OS/c1-2-3-5-8(10)9-6-4-7-11-9/h8-10H,4-7H2,1H3. The number of aliphatic hydroxyl groups is 1. The number of hydrogen-bond acceptors (Lipinski definition) is 2. The Bertz CT molecular complexity index is 162. The Labute approximate surface area is 72.6 Å². The van der Waals surface area contributed by atoms with Gasteiger partial charge in [-0.15, -0.1) is 11.8 Å². The zero-order chi connectivity index (χ0) is 8.10. The molecule has 0 aromatic rings. The summed E-state index contributed by atoms with van der Waals surface area (Å²) in [5.74, 6) is 6.92. The molecular formula is C9H14OS. The second-order valence-electron chi connectivity index (χ2n) is 2.75. The molecule has 0 spiro atoms. The minimum Gasteiger partial charge on any atom is -0.391 e. The van der Waals surface area contributed by atoms with Gasteiger partial charge in [-0.25, -0.2) is 0 Å². The average Bonchev–Trinajstić information content (AvgIpc) is 2.52. The molecule has 2 heteroatoms. The van der Waals surface area contributed by atoms with Crippen molar-refractivity contribution in [1.82, 2.24) is 0 Å². The van der Waals surface area contributed by atoms with Gasteiger partial charge in [0.1, 0.15) is 0 Å². The van der Waals surface area contributed by atoms with Crippen LogP contribution in [0.2, 0.25) is 0 Å². The lowest BCUT2D eigenvalue weighted by Crippen LogP contribution is -2.19. The van der Waals surface area contributed by atoms with Gasteiger partial charge in [-0.05, 0) is 25.5 Å². The Morgan fingerprint density at radius 3 is 3.09 bits per heavy atom. The van der Waals surface area contributed by atoms with E-state index in [1.807, 2.05) is 18.7 Å². The van der Waals surface area contributed by atoms with Crippen LogP contribution >= 0.6 is 11.8 Å². The van der Waals surface area contributed by atoms with Gasteiger partial charge in [0.05, 0.1) is 6.10 Å². The summed E-state index contributed by atoms with van der Waals surface area (Å²) in [5, 5.41) is 10.0. The molecule has 0 radical (unpaired) electrons. The van der Waals surface area contributed by atoms with Crippen LogP contribution in [-0.4, -0.2) is 22.2 Å². The second kappa shape index (κ2) is 4.69. The third-order valence-electron chi connectivity index (χ3n) is 1.88. The summed E-state index contributed by atoms with van der Waals surface area (Å²) in [7, 11) is 0. The van der Waals surface area contributed by atoms with Gasteiger partial charge in [-0.1, -0.05) is 0 Å². The molecule has 0 aromatic carbocycles. The minimum absolute atomic E-state index is 0.199. The number of rotatable bonds is 2. The highest BCUT2D eigenvalue weighted by Crippen LogP contribution is 2.29. The first-order chi connectivity index (χ1) is 5.34. The molecule has 11 heavy (non-hydrogen) atoms. The van der Waals surface area contributed by atoms with E-state index in [1.165, 1.54) is 12.2 Å². The van der Waals surface area contributed by atoms with Crippen molar-refractivity contribution in [2.75, 3.05) is 5.75 Å². The average molecular weight is 170 g/mol. The zero-order valence-electron chi connectivity index (χ0n) is 6.84. The maximum Gasteiger partial charge on any atom is 0.0767 e. The fourth-order valence-corrected chi connectivity index (χ4v) is 2.53. The van der Waals surface area contributed by atoms with Crippen molar-refractivity contribution >= 4 is 11.8 Å².